The number of aliphatic hydroxyl groups excluding tert-OH is 10. The number of ether oxygens (including phenoxy) is 4. The van der Waals surface area contributed by atoms with Gasteiger partial charge in [0.1, 0.15) is 48.8 Å². The summed E-state index contributed by atoms with van der Waals surface area (Å²) < 4.78 is 24.8. The van der Waals surface area contributed by atoms with Crippen LogP contribution in [0.5, 0.6) is 0 Å². The van der Waals surface area contributed by atoms with Crippen molar-refractivity contribution in [1.29, 1.82) is 0 Å². The van der Waals surface area contributed by atoms with Gasteiger partial charge in [0.05, 0.1) is 31.5 Å². The van der Waals surface area contributed by atoms with Gasteiger partial charge in [0.2, 0.25) is 0 Å². The SMILES string of the molecule is CC(C)=CC(C[C@@H](C)[C@H]1CC[C@@]2(C)[C@@H]3[C@@H](O[C@@H]4O[C@H](CO)[C@@H](O)[C@H](O)[C@H]4O)C=C4[C@@H](CC[C@H](O)C4(C)C)[C@]3(CO)CC[C@]12C)O[C@@H]1O[C@H](CO)[C@@H](O)[C@H](O)[C@H]1O. The Balaban J connectivity index is 1.34. The summed E-state index contributed by atoms with van der Waals surface area (Å²) in [5.41, 5.74) is 0.0315. The van der Waals surface area contributed by atoms with E-state index < -0.39 is 109 Å². The van der Waals surface area contributed by atoms with Gasteiger partial charge in [-0.25, -0.2) is 0 Å². The van der Waals surface area contributed by atoms with E-state index in [9.17, 15) is 51.1 Å². The van der Waals surface area contributed by atoms with Crippen LogP contribution >= 0.6 is 0 Å². The molecular weight excluding hydrogens is 728 g/mol. The highest BCUT2D eigenvalue weighted by Gasteiger charge is 2.71. The molecule has 0 aromatic heterocycles. The molecule has 2 heterocycles. The van der Waals surface area contributed by atoms with Crippen molar-refractivity contribution in [2.24, 2.45) is 45.3 Å². The molecule has 4 aliphatic carbocycles. The molecule has 3 saturated carbocycles. The third kappa shape index (κ3) is 7.18. The van der Waals surface area contributed by atoms with E-state index in [0.29, 0.717) is 25.7 Å². The first-order valence-electron chi connectivity index (χ1n) is 20.8. The Kier molecular flexibility index (Phi) is 13.0. The largest absolute Gasteiger partial charge is 0.396 e. The fourth-order valence-corrected chi connectivity index (χ4v) is 12.6. The Labute approximate surface area is 331 Å². The molecule has 2 aliphatic heterocycles. The average molecular weight is 799 g/mol. The molecule has 1 unspecified atom stereocenters. The minimum Gasteiger partial charge on any atom is -0.396 e. The maximum Gasteiger partial charge on any atom is 0.187 e. The first kappa shape index (κ1) is 44.5. The molecule has 14 heteroatoms. The van der Waals surface area contributed by atoms with Crippen LogP contribution in [-0.4, -0.2) is 151 Å². The van der Waals surface area contributed by atoms with Gasteiger partial charge in [-0.3, -0.25) is 0 Å². The van der Waals surface area contributed by atoms with E-state index in [4.69, 9.17) is 18.9 Å². The third-order valence-electron chi connectivity index (χ3n) is 16.0. The summed E-state index contributed by atoms with van der Waals surface area (Å²) in [6.45, 7) is 13.5. The zero-order valence-corrected chi connectivity index (χ0v) is 34.1. The van der Waals surface area contributed by atoms with Crippen molar-refractivity contribution in [2.45, 2.75) is 173 Å². The second-order valence-electron chi connectivity index (χ2n) is 19.5. The number of hydrogen-bond acceptors (Lipinski definition) is 14. The van der Waals surface area contributed by atoms with E-state index in [2.05, 4.69) is 26.8 Å². The van der Waals surface area contributed by atoms with Crippen molar-refractivity contribution in [2.75, 3.05) is 19.8 Å². The quantitative estimate of drug-likeness (QED) is 0.131. The molecule has 20 atom stereocenters. The zero-order chi connectivity index (χ0) is 41.3. The molecule has 10 N–H and O–H groups in total. The normalized spacial score (nSPS) is 49.9. The van der Waals surface area contributed by atoms with E-state index in [1.807, 2.05) is 33.8 Å². The van der Waals surface area contributed by atoms with Crippen molar-refractivity contribution < 1.29 is 70.0 Å². The third-order valence-corrected chi connectivity index (χ3v) is 16.0. The molecule has 0 bridgehead atoms. The lowest BCUT2D eigenvalue weighted by molar-refractivity contribution is -0.324. The van der Waals surface area contributed by atoms with E-state index in [0.717, 1.165) is 30.4 Å². The Bertz CT molecular complexity index is 1430. The maximum absolute atomic E-state index is 11.7. The summed E-state index contributed by atoms with van der Waals surface area (Å²) in [7, 11) is 0. The first-order valence-corrected chi connectivity index (χ1v) is 20.8. The summed E-state index contributed by atoms with van der Waals surface area (Å²) >= 11 is 0. The number of allylic oxidation sites excluding steroid dienone is 1. The number of hydrogen-bond donors (Lipinski definition) is 10. The molecule has 0 amide bonds. The van der Waals surface area contributed by atoms with Crippen LogP contribution in [0.3, 0.4) is 0 Å². The van der Waals surface area contributed by atoms with Gasteiger partial charge < -0.3 is 70.0 Å². The lowest BCUT2D eigenvalue weighted by Crippen LogP contribution is -2.66. The van der Waals surface area contributed by atoms with Crippen LogP contribution in [0.4, 0.5) is 0 Å². The summed E-state index contributed by atoms with van der Waals surface area (Å²) in [6.07, 6.45) is -7.02. The van der Waals surface area contributed by atoms with E-state index in [-0.39, 0.29) is 35.7 Å². The van der Waals surface area contributed by atoms with Crippen LogP contribution in [0, 0.1) is 45.3 Å². The standard InChI is InChI=1S/C42H70O14/c1-20(2)14-22(53-37-34(51)32(49)30(47)27(17-43)55-37)15-21(3)23-10-11-41(7)36-26(54-38-35(52)33(50)31(48)28(18-44)56-38)16-25-24(8-9-29(46)39(25,4)5)42(36,19-45)13-12-40(23,41)6/h14,16,21-24,26-38,43-52H,8-13,15,17-19H2,1-7H3/t21-,22?,23-,24-,26+,27-,28-,29+,30-,31-,32+,33+,34-,35-,36+,37-,38-,40-,41+,42-/m1/s1. The lowest BCUT2D eigenvalue weighted by Gasteiger charge is -2.68. The highest BCUT2D eigenvalue weighted by atomic mass is 16.7. The summed E-state index contributed by atoms with van der Waals surface area (Å²) in [5.74, 6) is -0.0461. The predicted octanol–water partition coefficient (Wildman–Crippen LogP) is 0.897. The monoisotopic (exact) mass is 798 g/mol. The fourth-order valence-electron chi connectivity index (χ4n) is 12.6. The summed E-state index contributed by atoms with van der Waals surface area (Å²) in [4.78, 5) is 0. The highest BCUT2D eigenvalue weighted by molar-refractivity contribution is 5.33. The van der Waals surface area contributed by atoms with Gasteiger partial charge >= 0.3 is 0 Å². The van der Waals surface area contributed by atoms with Crippen LogP contribution in [0.2, 0.25) is 0 Å². The number of aliphatic hydroxyl groups is 10. The molecule has 6 aliphatic rings. The van der Waals surface area contributed by atoms with Gasteiger partial charge in [0.25, 0.3) is 0 Å². The zero-order valence-electron chi connectivity index (χ0n) is 34.1. The molecule has 5 fully saturated rings. The number of rotatable bonds is 11. The minimum absolute atomic E-state index is 0.0302. The van der Waals surface area contributed by atoms with Crippen molar-refractivity contribution in [1.82, 2.24) is 0 Å². The smallest absolute Gasteiger partial charge is 0.187 e. The van der Waals surface area contributed by atoms with Gasteiger partial charge in [-0.2, -0.15) is 0 Å². The summed E-state index contributed by atoms with van der Waals surface area (Å²) in [6, 6.07) is 0. The average Bonchev–Trinajstić information content (AvgIpc) is 3.43. The van der Waals surface area contributed by atoms with Gasteiger partial charge in [-0.05, 0) is 87.4 Å². The van der Waals surface area contributed by atoms with Crippen LogP contribution in [0.1, 0.15) is 93.4 Å². The molecule has 6 rings (SSSR count). The van der Waals surface area contributed by atoms with Crippen LogP contribution in [0.25, 0.3) is 0 Å². The maximum atomic E-state index is 11.7. The Morgan fingerprint density at radius 1 is 0.768 bits per heavy atom. The molecule has 56 heavy (non-hydrogen) atoms. The Morgan fingerprint density at radius 3 is 1.93 bits per heavy atom. The van der Waals surface area contributed by atoms with Crippen LogP contribution in [0.15, 0.2) is 23.3 Å². The molecule has 2 saturated heterocycles. The van der Waals surface area contributed by atoms with E-state index >= 15 is 0 Å². The molecule has 14 nitrogen and oxygen atoms in total. The fraction of sp³-hybridized carbons (Fsp3) is 0.905. The molecule has 0 aromatic carbocycles. The molecular formula is C42H70O14. The molecule has 0 aromatic rings. The van der Waals surface area contributed by atoms with Gasteiger partial charge in [-0.1, -0.05) is 57.9 Å². The summed E-state index contributed by atoms with van der Waals surface area (Å²) in [5, 5.41) is 107. The van der Waals surface area contributed by atoms with Crippen LogP contribution < -0.4 is 0 Å². The Hall–Kier alpha value is -1.08. The molecule has 0 spiro atoms. The van der Waals surface area contributed by atoms with Gasteiger partial charge in [0.15, 0.2) is 12.6 Å². The Morgan fingerprint density at radius 2 is 1.36 bits per heavy atom. The van der Waals surface area contributed by atoms with Crippen molar-refractivity contribution in [3.63, 3.8) is 0 Å². The number of fused-ring (bicyclic) bond motifs is 5. The van der Waals surface area contributed by atoms with Crippen molar-refractivity contribution in [3.05, 3.63) is 23.3 Å². The predicted molar refractivity (Wildman–Crippen MR) is 202 cm³/mol. The minimum atomic E-state index is -1.62. The van der Waals surface area contributed by atoms with E-state index in [1.165, 1.54) is 0 Å². The second kappa shape index (κ2) is 16.4. The topological polar surface area (TPSA) is 239 Å². The molecule has 322 valence electrons. The van der Waals surface area contributed by atoms with Gasteiger partial charge in [-0.15, -0.1) is 0 Å². The van der Waals surface area contributed by atoms with Crippen molar-refractivity contribution >= 4 is 0 Å². The van der Waals surface area contributed by atoms with Gasteiger partial charge in [0, 0.05) is 23.4 Å². The lowest BCUT2D eigenvalue weighted by atomic mass is 9.38. The van der Waals surface area contributed by atoms with E-state index in [1.54, 1.807) is 0 Å². The highest BCUT2D eigenvalue weighted by Crippen LogP contribution is 2.75. The second-order valence-corrected chi connectivity index (χ2v) is 19.5. The van der Waals surface area contributed by atoms with Crippen LogP contribution in [-0.2, 0) is 18.9 Å². The first-order chi connectivity index (χ1) is 26.2. The van der Waals surface area contributed by atoms with Crippen molar-refractivity contribution in [3.8, 4) is 0 Å². The molecule has 0 radical (unpaired) electrons.